The topological polar surface area (TPSA) is 9.23 Å². The summed E-state index contributed by atoms with van der Waals surface area (Å²) in [7, 11) is 0. The second kappa shape index (κ2) is 6.39. The Labute approximate surface area is 126 Å². The van der Waals surface area contributed by atoms with Crippen LogP contribution in [-0.4, -0.2) is 6.61 Å². The van der Waals surface area contributed by atoms with Crippen LogP contribution in [0, 0.1) is 0 Å². The van der Waals surface area contributed by atoms with Crippen molar-refractivity contribution in [3.63, 3.8) is 0 Å². The van der Waals surface area contributed by atoms with Crippen molar-refractivity contribution in [1.82, 2.24) is 0 Å². The van der Waals surface area contributed by atoms with Gasteiger partial charge in [-0.05, 0) is 42.3 Å². The third kappa shape index (κ3) is 3.91. The van der Waals surface area contributed by atoms with Gasteiger partial charge >= 0.3 is 6.18 Å². The van der Waals surface area contributed by atoms with Crippen LogP contribution in [0.2, 0.25) is 0 Å². The summed E-state index contributed by atoms with van der Waals surface area (Å²) in [6.45, 7) is 2.43. The molecule has 0 saturated heterocycles. The largest absolute Gasteiger partial charge is 0.494 e. The number of ether oxygens (including phenoxy) is 1. The Morgan fingerprint density at radius 3 is 2.29 bits per heavy atom. The molecular formula is C16H14ClF3O. The lowest BCUT2D eigenvalue weighted by Crippen LogP contribution is -2.06. The van der Waals surface area contributed by atoms with Crippen molar-refractivity contribution in [2.24, 2.45) is 0 Å². The highest BCUT2D eigenvalue weighted by Crippen LogP contribution is 2.34. The van der Waals surface area contributed by atoms with E-state index in [0.717, 1.165) is 17.7 Å². The van der Waals surface area contributed by atoms with E-state index in [0.29, 0.717) is 17.9 Å². The van der Waals surface area contributed by atoms with Gasteiger partial charge in [0.2, 0.25) is 0 Å². The Kier molecular flexibility index (Phi) is 4.78. The van der Waals surface area contributed by atoms with E-state index >= 15 is 0 Å². The van der Waals surface area contributed by atoms with Crippen molar-refractivity contribution in [1.29, 1.82) is 0 Å². The van der Waals surface area contributed by atoms with Gasteiger partial charge in [-0.25, -0.2) is 0 Å². The summed E-state index contributed by atoms with van der Waals surface area (Å²) in [5.74, 6) is 0.703. The van der Waals surface area contributed by atoms with Crippen molar-refractivity contribution in [2.75, 3.05) is 6.61 Å². The van der Waals surface area contributed by atoms with Crippen molar-refractivity contribution in [3.8, 4) is 5.75 Å². The molecule has 0 aromatic heterocycles. The molecule has 2 rings (SSSR count). The van der Waals surface area contributed by atoms with Crippen molar-refractivity contribution < 1.29 is 17.9 Å². The molecule has 0 aliphatic rings. The average molecular weight is 315 g/mol. The minimum absolute atomic E-state index is 0.413. The van der Waals surface area contributed by atoms with E-state index in [1.165, 1.54) is 6.07 Å². The van der Waals surface area contributed by atoms with Crippen LogP contribution < -0.4 is 4.74 Å². The van der Waals surface area contributed by atoms with Gasteiger partial charge in [-0.3, -0.25) is 0 Å². The molecule has 2 aromatic carbocycles. The first-order valence-electron chi connectivity index (χ1n) is 6.46. The van der Waals surface area contributed by atoms with Gasteiger partial charge in [-0.1, -0.05) is 24.3 Å². The monoisotopic (exact) mass is 314 g/mol. The molecule has 0 aliphatic carbocycles. The zero-order valence-electron chi connectivity index (χ0n) is 11.3. The normalized spacial score (nSPS) is 13.0. The standard InChI is InChI=1S/C16H14ClF3O/c1-2-21-14-8-6-11(7-9-14)15(17)12-4-3-5-13(10-12)16(18,19)20/h3-10,15H,2H2,1H3. The predicted octanol–water partition coefficient (Wildman–Crippen LogP) is 5.43. The maximum absolute atomic E-state index is 12.7. The van der Waals surface area contributed by atoms with Crippen molar-refractivity contribution in [2.45, 2.75) is 18.5 Å². The van der Waals surface area contributed by atoms with Crippen LogP contribution in [0.15, 0.2) is 48.5 Å². The van der Waals surface area contributed by atoms with Crippen LogP contribution in [0.1, 0.15) is 29.0 Å². The number of alkyl halides is 4. The van der Waals surface area contributed by atoms with Gasteiger partial charge in [-0.2, -0.15) is 13.2 Å². The number of benzene rings is 2. The van der Waals surface area contributed by atoms with Gasteiger partial charge in [0.15, 0.2) is 0 Å². The molecule has 1 nitrogen and oxygen atoms in total. The smallest absolute Gasteiger partial charge is 0.416 e. The number of halogens is 4. The zero-order valence-corrected chi connectivity index (χ0v) is 12.1. The number of rotatable bonds is 4. The molecule has 0 bridgehead atoms. The third-order valence-corrected chi connectivity index (χ3v) is 3.49. The number of hydrogen-bond acceptors (Lipinski definition) is 1. The van der Waals surface area contributed by atoms with Gasteiger partial charge in [0.25, 0.3) is 0 Å². The molecule has 112 valence electrons. The van der Waals surface area contributed by atoms with Crippen LogP contribution in [0.3, 0.4) is 0 Å². The molecule has 0 fully saturated rings. The fraction of sp³-hybridized carbons (Fsp3) is 0.250. The van der Waals surface area contributed by atoms with E-state index in [4.69, 9.17) is 16.3 Å². The van der Waals surface area contributed by atoms with Gasteiger partial charge in [-0.15, -0.1) is 11.6 Å². The molecule has 1 atom stereocenters. The van der Waals surface area contributed by atoms with Crippen LogP contribution >= 0.6 is 11.6 Å². The molecule has 5 heteroatoms. The first-order chi connectivity index (χ1) is 9.91. The van der Waals surface area contributed by atoms with E-state index in [1.807, 2.05) is 6.92 Å². The molecule has 0 saturated carbocycles. The fourth-order valence-corrected chi connectivity index (χ4v) is 2.25. The maximum Gasteiger partial charge on any atom is 0.416 e. The lowest BCUT2D eigenvalue weighted by molar-refractivity contribution is -0.137. The molecule has 0 radical (unpaired) electrons. The minimum atomic E-state index is -4.37. The van der Waals surface area contributed by atoms with E-state index in [1.54, 1.807) is 30.3 Å². The van der Waals surface area contributed by atoms with Crippen molar-refractivity contribution >= 4 is 11.6 Å². The van der Waals surface area contributed by atoms with Crippen molar-refractivity contribution in [3.05, 3.63) is 65.2 Å². The molecule has 1 unspecified atom stereocenters. The summed E-state index contributed by atoms with van der Waals surface area (Å²) in [6, 6.07) is 12.1. The molecular weight excluding hydrogens is 301 g/mol. The zero-order chi connectivity index (χ0) is 15.5. The van der Waals surface area contributed by atoms with Crippen LogP contribution in [0.25, 0.3) is 0 Å². The highest BCUT2D eigenvalue weighted by atomic mass is 35.5. The van der Waals surface area contributed by atoms with Crippen LogP contribution in [-0.2, 0) is 6.18 Å². The summed E-state index contributed by atoms with van der Waals surface area (Å²) in [5, 5.41) is -0.636. The van der Waals surface area contributed by atoms with Crippen LogP contribution in [0.5, 0.6) is 5.75 Å². The summed E-state index contributed by atoms with van der Waals surface area (Å²) in [6.07, 6.45) is -4.37. The van der Waals surface area contributed by atoms with Gasteiger partial charge in [0.05, 0.1) is 17.5 Å². The fourth-order valence-electron chi connectivity index (χ4n) is 1.96. The summed E-state index contributed by atoms with van der Waals surface area (Å²) in [4.78, 5) is 0. The molecule has 0 aliphatic heterocycles. The second-order valence-corrected chi connectivity index (χ2v) is 4.92. The molecule has 0 amide bonds. The van der Waals surface area contributed by atoms with E-state index < -0.39 is 17.1 Å². The highest BCUT2D eigenvalue weighted by molar-refractivity contribution is 6.22. The maximum atomic E-state index is 12.7. The quantitative estimate of drug-likeness (QED) is 0.683. The Balaban J connectivity index is 2.25. The summed E-state index contributed by atoms with van der Waals surface area (Å²) < 4.78 is 43.5. The third-order valence-electron chi connectivity index (χ3n) is 2.99. The molecule has 0 spiro atoms. The predicted molar refractivity (Wildman–Crippen MR) is 76.8 cm³/mol. The van der Waals surface area contributed by atoms with E-state index in [9.17, 15) is 13.2 Å². The Morgan fingerprint density at radius 2 is 1.71 bits per heavy atom. The number of hydrogen-bond donors (Lipinski definition) is 0. The first kappa shape index (κ1) is 15.7. The average Bonchev–Trinajstić information content (AvgIpc) is 2.47. The first-order valence-corrected chi connectivity index (χ1v) is 6.89. The Hall–Kier alpha value is -1.68. The minimum Gasteiger partial charge on any atom is -0.494 e. The van der Waals surface area contributed by atoms with Crippen LogP contribution in [0.4, 0.5) is 13.2 Å². The Morgan fingerprint density at radius 1 is 1.05 bits per heavy atom. The highest BCUT2D eigenvalue weighted by Gasteiger charge is 2.30. The molecule has 21 heavy (non-hydrogen) atoms. The molecule has 0 heterocycles. The molecule has 0 N–H and O–H groups in total. The van der Waals surface area contributed by atoms with Gasteiger partial charge in [0, 0.05) is 0 Å². The Bertz CT molecular complexity index is 593. The van der Waals surface area contributed by atoms with Gasteiger partial charge in [0.1, 0.15) is 5.75 Å². The summed E-state index contributed by atoms with van der Waals surface area (Å²) >= 11 is 6.27. The lowest BCUT2D eigenvalue weighted by Gasteiger charge is -2.14. The lowest BCUT2D eigenvalue weighted by atomic mass is 10.0. The van der Waals surface area contributed by atoms with Gasteiger partial charge < -0.3 is 4.74 Å². The second-order valence-electron chi connectivity index (χ2n) is 4.49. The SMILES string of the molecule is CCOc1ccc(C(Cl)c2cccc(C(F)(F)F)c2)cc1. The summed E-state index contributed by atoms with van der Waals surface area (Å²) in [5.41, 5.74) is 0.437. The van der Waals surface area contributed by atoms with E-state index in [-0.39, 0.29) is 0 Å². The molecule has 2 aromatic rings. The van der Waals surface area contributed by atoms with E-state index in [2.05, 4.69) is 0 Å².